The SMILES string of the molecule is Cc1ccc(Oc2cc3c4c(cc(Oc5ccc(C)cc5)c5c6c(Oc7ccc(C)cc7)cc7c8c(cc(Oc9ccc(C)cc9)c(c2c45)c86)C(=O)N(c2ccccc2C(=O)O)C7=O)C(=O)N(c2ccccc2C(=O)O)C3=O)cc1. The summed E-state index contributed by atoms with van der Waals surface area (Å²) >= 11 is 0. The Balaban J connectivity index is 1.26. The first-order chi connectivity index (χ1) is 38.6. The number of carbonyl (C=O) groups is 6. The molecule has 2 heterocycles. The Morgan fingerprint density at radius 1 is 0.325 bits per heavy atom. The Morgan fingerprint density at radius 2 is 0.562 bits per heavy atom. The number of rotatable bonds is 12. The van der Waals surface area contributed by atoms with Crippen molar-refractivity contribution < 1.29 is 57.9 Å². The summed E-state index contributed by atoms with van der Waals surface area (Å²) in [5.74, 6) is -4.50. The van der Waals surface area contributed by atoms with E-state index in [-0.39, 0.29) is 111 Å². The number of amides is 4. The third-order valence-corrected chi connectivity index (χ3v) is 14.6. The highest BCUT2D eigenvalue weighted by Crippen LogP contribution is 2.58. The number of aromatic carboxylic acids is 2. The molecular formula is C66H42N2O12. The first-order valence-electron chi connectivity index (χ1n) is 25.4. The quantitative estimate of drug-likeness (QED) is 0.0671. The van der Waals surface area contributed by atoms with Gasteiger partial charge in [0.25, 0.3) is 23.6 Å². The van der Waals surface area contributed by atoms with Crippen LogP contribution in [0.4, 0.5) is 11.4 Å². The van der Waals surface area contributed by atoms with E-state index in [9.17, 15) is 19.8 Å². The van der Waals surface area contributed by atoms with Gasteiger partial charge in [0.1, 0.15) is 46.0 Å². The van der Waals surface area contributed by atoms with Gasteiger partial charge in [-0.3, -0.25) is 19.2 Å². The molecule has 0 bridgehead atoms. The number of hydrogen-bond donors (Lipinski definition) is 2. The van der Waals surface area contributed by atoms with E-state index in [1.54, 1.807) is 48.5 Å². The van der Waals surface area contributed by atoms with Crippen LogP contribution in [0.2, 0.25) is 0 Å². The lowest BCUT2D eigenvalue weighted by atomic mass is 9.80. The maximum absolute atomic E-state index is 15.6. The number of para-hydroxylation sites is 2. The molecule has 2 aliphatic heterocycles. The first kappa shape index (κ1) is 48.8. The summed E-state index contributed by atoms with van der Waals surface area (Å²) in [5.41, 5.74) is 2.66. The van der Waals surface area contributed by atoms with Gasteiger partial charge in [-0.05, 0) is 125 Å². The van der Waals surface area contributed by atoms with Crippen molar-refractivity contribution in [3.8, 4) is 46.0 Å². The van der Waals surface area contributed by atoms with Crippen LogP contribution in [0.1, 0.15) is 84.4 Å². The largest absolute Gasteiger partial charge is 0.478 e. The summed E-state index contributed by atoms with van der Waals surface area (Å²) in [5, 5.41) is 22.9. The zero-order valence-electron chi connectivity index (χ0n) is 43.0. The Bertz CT molecular complexity index is 4020. The second kappa shape index (κ2) is 18.4. The van der Waals surface area contributed by atoms with Gasteiger partial charge in [0.15, 0.2) is 0 Å². The molecule has 0 fully saturated rings. The Hall–Kier alpha value is -10.9. The van der Waals surface area contributed by atoms with Crippen LogP contribution in [0, 0.1) is 27.7 Å². The maximum atomic E-state index is 15.6. The van der Waals surface area contributed by atoms with E-state index in [4.69, 9.17) is 18.9 Å². The minimum Gasteiger partial charge on any atom is -0.478 e. The van der Waals surface area contributed by atoms with Crippen molar-refractivity contribution in [2.75, 3.05) is 9.80 Å². The zero-order chi connectivity index (χ0) is 55.4. The van der Waals surface area contributed by atoms with Crippen LogP contribution in [0.5, 0.6) is 46.0 Å². The third-order valence-electron chi connectivity index (χ3n) is 14.6. The van der Waals surface area contributed by atoms with Crippen molar-refractivity contribution in [2.45, 2.75) is 27.7 Å². The summed E-state index contributed by atoms with van der Waals surface area (Å²) in [4.78, 5) is 89.6. The van der Waals surface area contributed by atoms with Crippen LogP contribution in [-0.2, 0) is 0 Å². The van der Waals surface area contributed by atoms with E-state index >= 15 is 19.2 Å². The number of carboxylic acid groups (broad SMARTS) is 2. The molecule has 11 aromatic carbocycles. The lowest BCUT2D eigenvalue weighted by Gasteiger charge is -2.33. The highest BCUT2D eigenvalue weighted by Gasteiger charge is 2.43. The number of ether oxygens (including phenoxy) is 4. The van der Waals surface area contributed by atoms with Gasteiger partial charge >= 0.3 is 11.9 Å². The molecule has 0 unspecified atom stereocenters. The highest BCUT2D eigenvalue weighted by molar-refractivity contribution is 6.48. The molecule has 0 aromatic heterocycles. The van der Waals surface area contributed by atoms with Crippen LogP contribution in [0.3, 0.4) is 0 Å². The monoisotopic (exact) mass is 1050 g/mol. The fourth-order valence-corrected chi connectivity index (χ4v) is 10.9. The average molecular weight is 1060 g/mol. The van der Waals surface area contributed by atoms with Gasteiger partial charge in [-0.15, -0.1) is 0 Å². The van der Waals surface area contributed by atoms with Crippen molar-refractivity contribution in [3.63, 3.8) is 0 Å². The normalized spacial score (nSPS) is 13.0. The predicted octanol–water partition coefficient (Wildman–Crippen LogP) is 15.1. The smallest absolute Gasteiger partial charge is 0.337 e. The maximum Gasteiger partial charge on any atom is 0.337 e. The number of nitrogens with zero attached hydrogens (tertiary/aromatic N) is 2. The number of aryl methyl sites for hydroxylation is 4. The van der Waals surface area contributed by atoms with Gasteiger partial charge in [0.05, 0.1) is 44.8 Å². The third kappa shape index (κ3) is 7.71. The van der Waals surface area contributed by atoms with Crippen molar-refractivity contribution in [2.24, 2.45) is 0 Å². The van der Waals surface area contributed by atoms with Crippen LogP contribution in [0.25, 0.3) is 43.1 Å². The molecule has 0 radical (unpaired) electrons. The van der Waals surface area contributed by atoms with Crippen molar-refractivity contribution >= 4 is 90.0 Å². The van der Waals surface area contributed by atoms with E-state index in [1.165, 1.54) is 72.8 Å². The molecule has 13 rings (SSSR count). The topological polar surface area (TPSA) is 186 Å². The summed E-state index contributed by atoms with van der Waals surface area (Å²) in [7, 11) is 0. The summed E-state index contributed by atoms with van der Waals surface area (Å²) in [6, 6.07) is 46.4. The second-order valence-corrected chi connectivity index (χ2v) is 19.9. The van der Waals surface area contributed by atoms with E-state index in [2.05, 4.69) is 0 Å². The minimum atomic E-state index is -1.37. The molecule has 80 heavy (non-hydrogen) atoms. The van der Waals surface area contributed by atoms with Gasteiger partial charge in [-0.25, -0.2) is 19.4 Å². The molecule has 14 nitrogen and oxygen atoms in total. The minimum absolute atomic E-state index is 0.0297. The van der Waals surface area contributed by atoms with Gasteiger partial charge in [0.2, 0.25) is 0 Å². The Morgan fingerprint density at radius 3 is 0.800 bits per heavy atom. The number of benzene rings is 11. The highest BCUT2D eigenvalue weighted by atomic mass is 16.5. The Kier molecular flexibility index (Phi) is 11.2. The van der Waals surface area contributed by atoms with Gasteiger partial charge in [0, 0.05) is 43.1 Å². The Labute approximate surface area is 455 Å². The molecule has 14 heteroatoms. The first-order valence-corrected chi connectivity index (χ1v) is 25.4. The zero-order valence-corrected chi connectivity index (χ0v) is 43.0. The van der Waals surface area contributed by atoms with E-state index < -0.39 is 35.6 Å². The van der Waals surface area contributed by atoms with E-state index in [1.807, 2.05) is 76.2 Å². The lowest BCUT2D eigenvalue weighted by molar-refractivity contribution is 0.0685. The number of imide groups is 2. The molecular weight excluding hydrogens is 1010 g/mol. The molecule has 0 spiro atoms. The number of hydrogen-bond acceptors (Lipinski definition) is 10. The molecule has 0 saturated carbocycles. The molecule has 2 aliphatic rings. The van der Waals surface area contributed by atoms with Crippen molar-refractivity contribution in [1.29, 1.82) is 0 Å². The van der Waals surface area contributed by atoms with Crippen LogP contribution < -0.4 is 28.7 Å². The summed E-state index contributed by atoms with van der Waals surface area (Å²) in [6.45, 7) is 7.67. The van der Waals surface area contributed by atoms with Crippen molar-refractivity contribution in [1.82, 2.24) is 0 Å². The number of anilines is 2. The average Bonchev–Trinajstić information content (AvgIpc) is 3.53. The van der Waals surface area contributed by atoms with Crippen LogP contribution in [-0.4, -0.2) is 45.8 Å². The standard InChI is InChI=1S/C66H42N2O12/c1-33-13-21-37(22-14-33)77-49-29-43-53-44(62(70)67(61(43)69)47-11-7-5-9-41(47)65(73)74)31-51(79-39-25-17-35(3)18-26-39)57-58-52(80-40-27-19-36(4)20-28-40)32-46-54-45(63(71)68(64(46)72)48-12-8-6-10-42(48)66(75)76)30-50(56(60(54)58)55(49)59(53)57)78-38-23-15-34(2)16-24-38/h5-32H,1-4H3,(H,73,74)(H,75,76). The van der Waals surface area contributed by atoms with Gasteiger partial charge < -0.3 is 29.2 Å². The summed E-state index contributed by atoms with van der Waals surface area (Å²) in [6.07, 6.45) is 0. The molecule has 11 aromatic rings. The molecule has 0 atom stereocenters. The molecule has 4 amide bonds. The van der Waals surface area contributed by atoms with Crippen LogP contribution >= 0.6 is 0 Å². The second-order valence-electron chi connectivity index (χ2n) is 19.9. The predicted molar refractivity (Wildman–Crippen MR) is 302 cm³/mol. The molecule has 0 aliphatic carbocycles. The van der Waals surface area contributed by atoms with Crippen LogP contribution in [0.15, 0.2) is 170 Å². The van der Waals surface area contributed by atoms with Crippen molar-refractivity contribution in [3.05, 3.63) is 225 Å². The fraction of sp³-hybridized carbons (Fsp3) is 0.0606. The molecule has 2 N–H and O–H groups in total. The number of carboxylic acids is 2. The lowest BCUT2D eigenvalue weighted by Crippen LogP contribution is -2.41. The van der Waals surface area contributed by atoms with E-state index in [0.29, 0.717) is 23.0 Å². The van der Waals surface area contributed by atoms with Gasteiger partial charge in [-0.2, -0.15) is 0 Å². The summed E-state index contributed by atoms with van der Waals surface area (Å²) < 4.78 is 28.0. The fourth-order valence-electron chi connectivity index (χ4n) is 10.9. The van der Waals surface area contributed by atoms with Gasteiger partial charge in [-0.1, -0.05) is 95.1 Å². The number of carbonyl (C=O) groups excluding carboxylic acids is 4. The molecule has 388 valence electrons. The number of fused-ring (bicyclic) bond motifs is 2. The molecule has 0 saturated heterocycles. The van der Waals surface area contributed by atoms with E-state index in [0.717, 1.165) is 32.1 Å².